The van der Waals surface area contributed by atoms with Crippen molar-refractivity contribution in [1.29, 1.82) is 0 Å². The van der Waals surface area contributed by atoms with Crippen LogP contribution in [0.2, 0.25) is 0 Å². The number of aromatic nitrogens is 1. The molecule has 5 nitrogen and oxygen atoms in total. The third kappa shape index (κ3) is 4.07. The fourth-order valence-corrected chi connectivity index (χ4v) is 3.78. The molecule has 1 aliphatic heterocycles. The molecule has 1 fully saturated rings. The summed E-state index contributed by atoms with van der Waals surface area (Å²) in [5.41, 5.74) is 2.65. The molecule has 1 aromatic heterocycles. The van der Waals surface area contributed by atoms with Crippen molar-refractivity contribution in [3.63, 3.8) is 0 Å². The minimum absolute atomic E-state index is 0.108. The van der Waals surface area contributed by atoms with Crippen LogP contribution in [0.3, 0.4) is 0 Å². The maximum absolute atomic E-state index is 12.7. The maximum atomic E-state index is 12.7. The molecular weight excluding hydrogens is 336 g/mol. The summed E-state index contributed by atoms with van der Waals surface area (Å²) in [5, 5.41) is 2.63. The Labute approximate surface area is 151 Å². The lowest BCUT2D eigenvalue weighted by Gasteiger charge is -2.31. The normalized spacial score (nSPS) is 17.4. The van der Waals surface area contributed by atoms with Crippen LogP contribution in [0.15, 0.2) is 29.6 Å². The van der Waals surface area contributed by atoms with Crippen LogP contribution in [-0.4, -0.2) is 41.5 Å². The van der Waals surface area contributed by atoms with Crippen molar-refractivity contribution >= 4 is 23.2 Å². The van der Waals surface area contributed by atoms with E-state index in [0.717, 1.165) is 23.4 Å². The van der Waals surface area contributed by atoms with Crippen molar-refractivity contribution in [2.24, 2.45) is 5.92 Å². The molecular formula is C19H22N2O3S. The number of ether oxygens (including phenoxy) is 1. The lowest BCUT2D eigenvalue weighted by Crippen LogP contribution is -2.42. The number of thiazole rings is 1. The van der Waals surface area contributed by atoms with Gasteiger partial charge in [-0.25, -0.2) is 4.98 Å². The Bertz CT molecular complexity index is 754. The number of likely N-dealkylation sites (tertiary alicyclic amines) is 1. The van der Waals surface area contributed by atoms with Gasteiger partial charge in [0.1, 0.15) is 10.7 Å². The monoisotopic (exact) mass is 358 g/mol. The number of hydrogen-bond acceptors (Lipinski definition) is 5. The first-order valence-corrected chi connectivity index (χ1v) is 9.45. The van der Waals surface area contributed by atoms with E-state index in [9.17, 15) is 9.59 Å². The number of amides is 1. The van der Waals surface area contributed by atoms with Gasteiger partial charge in [0, 0.05) is 24.0 Å². The predicted molar refractivity (Wildman–Crippen MR) is 97.5 cm³/mol. The van der Waals surface area contributed by atoms with Crippen molar-refractivity contribution in [3.8, 4) is 10.6 Å². The SMILES string of the molecule is CCOC(=O)C1CCCN(C(=O)c2csc(-c3ccc(C)cc3)n2)C1. The summed E-state index contributed by atoms with van der Waals surface area (Å²) >= 11 is 1.47. The second-order valence-corrected chi connectivity index (χ2v) is 7.10. The molecule has 1 unspecified atom stereocenters. The van der Waals surface area contributed by atoms with Gasteiger partial charge in [0.15, 0.2) is 0 Å². The van der Waals surface area contributed by atoms with Gasteiger partial charge in [-0.05, 0) is 26.7 Å². The van der Waals surface area contributed by atoms with E-state index in [0.29, 0.717) is 25.4 Å². The fourth-order valence-electron chi connectivity index (χ4n) is 2.98. The molecule has 0 N–H and O–H groups in total. The lowest BCUT2D eigenvalue weighted by molar-refractivity contribution is -0.149. The Morgan fingerprint density at radius 3 is 2.80 bits per heavy atom. The number of aryl methyl sites for hydroxylation is 1. The van der Waals surface area contributed by atoms with E-state index < -0.39 is 0 Å². The number of hydrogen-bond donors (Lipinski definition) is 0. The highest BCUT2D eigenvalue weighted by molar-refractivity contribution is 7.13. The van der Waals surface area contributed by atoms with Gasteiger partial charge in [0.05, 0.1) is 12.5 Å². The van der Waals surface area contributed by atoms with Crippen molar-refractivity contribution in [1.82, 2.24) is 9.88 Å². The van der Waals surface area contributed by atoms with Gasteiger partial charge in [-0.1, -0.05) is 29.8 Å². The Balaban J connectivity index is 1.70. The average molecular weight is 358 g/mol. The maximum Gasteiger partial charge on any atom is 0.310 e. The van der Waals surface area contributed by atoms with Gasteiger partial charge in [-0.2, -0.15) is 0 Å². The zero-order chi connectivity index (χ0) is 17.8. The summed E-state index contributed by atoms with van der Waals surface area (Å²) < 4.78 is 5.10. The molecule has 3 rings (SSSR count). The van der Waals surface area contributed by atoms with Crippen LogP contribution in [0.4, 0.5) is 0 Å². The van der Waals surface area contributed by atoms with Crippen LogP contribution >= 0.6 is 11.3 Å². The largest absolute Gasteiger partial charge is 0.466 e. The van der Waals surface area contributed by atoms with E-state index in [4.69, 9.17) is 4.74 Å². The summed E-state index contributed by atoms with van der Waals surface area (Å²) in [6.45, 7) is 5.28. The van der Waals surface area contributed by atoms with Crippen LogP contribution in [-0.2, 0) is 9.53 Å². The number of carbonyl (C=O) groups excluding carboxylic acids is 2. The van der Waals surface area contributed by atoms with Gasteiger partial charge in [0.2, 0.25) is 0 Å². The molecule has 1 aliphatic rings. The van der Waals surface area contributed by atoms with Crippen LogP contribution in [0.25, 0.3) is 10.6 Å². The van der Waals surface area contributed by atoms with E-state index in [2.05, 4.69) is 4.98 Å². The first kappa shape index (κ1) is 17.6. The molecule has 1 amide bonds. The summed E-state index contributed by atoms with van der Waals surface area (Å²) in [6.07, 6.45) is 1.58. The van der Waals surface area contributed by atoms with Gasteiger partial charge in [0.25, 0.3) is 5.91 Å². The minimum atomic E-state index is -0.229. The van der Waals surface area contributed by atoms with Crippen molar-refractivity contribution in [2.75, 3.05) is 19.7 Å². The standard InChI is InChI=1S/C19H22N2O3S/c1-3-24-19(23)15-5-4-10-21(11-15)18(22)16-12-25-17(20-16)14-8-6-13(2)7-9-14/h6-9,12,15H,3-5,10-11H2,1-2H3. The van der Waals surface area contributed by atoms with Gasteiger partial charge in [-0.15, -0.1) is 11.3 Å². The molecule has 1 aromatic carbocycles. The smallest absolute Gasteiger partial charge is 0.310 e. The van der Waals surface area contributed by atoms with E-state index >= 15 is 0 Å². The quantitative estimate of drug-likeness (QED) is 0.785. The second-order valence-electron chi connectivity index (χ2n) is 6.25. The summed E-state index contributed by atoms with van der Waals surface area (Å²) in [6, 6.07) is 8.10. The Morgan fingerprint density at radius 2 is 2.08 bits per heavy atom. The fraction of sp³-hybridized carbons (Fsp3) is 0.421. The summed E-state index contributed by atoms with van der Waals surface area (Å²) in [5.74, 6) is -0.546. The molecule has 6 heteroatoms. The Hall–Kier alpha value is -2.21. The third-order valence-electron chi connectivity index (χ3n) is 4.35. The summed E-state index contributed by atoms with van der Waals surface area (Å²) in [7, 11) is 0. The number of nitrogens with zero attached hydrogens (tertiary/aromatic N) is 2. The molecule has 2 heterocycles. The topological polar surface area (TPSA) is 59.5 Å². The number of carbonyl (C=O) groups is 2. The zero-order valence-electron chi connectivity index (χ0n) is 14.5. The Morgan fingerprint density at radius 1 is 1.32 bits per heavy atom. The highest BCUT2D eigenvalue weighted by atomic mass is 32.1. The highest BCUT2D eigenvalue weighted by Gasteiger charge is 2.30. The van der Waals surface area contributed by atoms with E-state index in [1.165, 1.54) is 16.9 Å². The van der Waals surface area contributed by atoms with Crippen LogP contribution in [0, 0.1) is 12.8 Å². The molecule has 1 atom stereocenters. The van der Waals surface area contributed by atoms with Crippen LogP contribution < -0.4 is 0 Å². The molecule has 0 bridgehead atoms. The molecule has 0 saturated carbocycles. The molecule has 132 valence electrons. The first-order valence-electron chi connectivity index (χ1n) is 8.57. The average Bonchev–Trinajstić information content (AvgIpc) is 3.12. The number of rotatable bonds is 4. The third-order valence-corrected chi connectivity index (χ3v) is 5.24. The Kier molecular flexibility index (Phi) is 5.48. The second kappa shape index (κ2) is 7.78. The van der Waals surface area contributed by atoms with E-state index in [1.54, 1.807) is 17.2 Å². The van der Waals surface area contributed by atoms with Crippen molar-refractivity contribution < 1.29 is 14.3 Å². The van der Waals surface area contributed by atoms with Crippen LogP contribution in [0.5, 0.6) is 0 Å². The highest BCUT2D eigenvalue weighted by Crippen LogP contribution is 2.26. The van der Waals surface area contributed by atoms with E-state index in [1.807, 2.05) is 31.2 Å². The molecule has 0 radical (unpaired) electrons. The zero-order valence-corrected chi connectivity index (χ0v) is 15.3. The molecule has 2 aromatic rings. The van der Waals surface area contributed by atoms with Crippen LogP contribution in [0.1, 0.15) is 35.8 Å². The molecule has 25 heavy (non-hydrogen) atoms. The molecule has 1 saturated heterocycles. The lowest BCUT2D eigenvalue weighted by atomic mass is 9.98. The van der Waals surface area contributed by atoms with Gasteiger partial charge >= 0.3 is 5.97 Å². The number of piperidine rings is 1. The van der Waals surface area contributed by atoms with Gasteiger partial charge in [-0.3, -0.25) is 9.59 Å². The molecule has 0 aliphatic carbocycles. The minimum Gasteiger partial charge on any atom is -0.466 e. The van der Waals surface area contributed by atoms with Crippen molar-refractivity contribution in [3.05, 3.63) is 40.9 Å². The number of benzene rings is 1. The summed E-state index contributed by atoms with van der Waals surface area (Å²) in [4.78, 5) is 30.9. The van der Waals surface area contributed by atoms with E-state index in [-0.39, 0.29) is 17.8 Å². The first-order chi connectivity index (χ1) is 12.1. The van der Waals surface area contributed by atoms with Crippen molar-refractivity contribution in [2.45, 2.75) is 26.7 Å². The predicted octanol–water partition coefficient (Wildman–Crippen LogP) is 3.53. The van der Waals surface area contributed by atoms with Gasteiger partial charge < -0.3 is 9.64 Å². The number of esters is 1. The molecule has 0 spiro atoms.